The molecule has 2 aromatic carbocycles. The summed E-state index contributed by atoms with van der Waals surface area (Å²) in [5, 5.41) is 8.50. The molecule has 0 unspecified atom stereocenters. The van der Waals surface area contributed by atoms with Gasteiger partial charge in [0.1, 0.15) is 5.84 Å². The van der Waals surface area contributed by atoms with Gasteiger partial charge in [-0.15, -0.1) is 0 Å². The first-order valence-corrected chi connectivity index (χ1v) is 7.61. The minimum Gasteiger partial charge on any atom is -0.384 e. The molecule has 0 radical (unpaired) electrons. The van der Waals surface area contributed by atoms with Crippen molar-refractivity contribution in [3.63, 3.8) is 0 Å². The molecule has 0 atom stereocenters. The highest BCUT2D eigenvalue weighted by Crippen LogP contribution is 2.34. The van der Waals surface area contributed by atoms with Crippen LogP contribution in [0.5, 0.6) is 0 Å². The summed E-state index contributed by atoms with van der Waals surface area (Å²) in [5.41, 5.74) is 6.15. The van der Waals surface area contributed by atoms with Crippen molar-refractivity contribution >= 4 is 56.7 Å². The quantitative estimate of drug-likeness (QED) is 0.572. The van der Waals surface area contributed by atoms with Crippen LogP contribution < -0.4 is 5.73 Å². The second-order valence-electron chi connectivity index (χ2n) is 3.73. The van der Waals surface area contributed by atoms with Crippen LogP contribution in [-0.4, -0.2) is 5.84 Å². The summed E-state index contributed by atoms with van der Waals surface area (Å²) in [6.45, 7) is 0. The highest BCUT2D eigenvalue weighted by Gasteiger charge is 2.06. The van der Waals surface area contributed by atoms with E-state index in [1.165, 1.54) is 0 Å². The van der Waals surface area contributed by atoms with Crippen LogP contribution in [0, 0.1) is 5.41 Å². The van der Waals surface area contributed by atoms with Gasteiger partial charge in [0.2, 0.25) is 0 Å². The number of nitrogens with one attached hydrogen (secondary N) is 1. The molecule has 98 valence electrons. The molecule has 0 bridgehead atoms. The molecule has 6 heteroatoms. The molecule has 2 aromatic rings. The molecule has 2 rings (SSSR count). The third kappa shape index (κ3) is 3.66. The van der Waals surface area contributed by atoms with E-state index in [1.807, 2.05) is 30.3 Å². The first kappa shape index (κ1) is 14.7. The Morgan fingerprint density at radius 1 is 1.05 bits per heavy atom. The lowest BCUT2D eigenvalue weighted by atomic mass is 10.2. The summed E-state index contributed by atoms with van der Waals surface area (Å²) in [6, 6.07) is 11.1. The zero-order valence-corrected chi connectivity index (χ0v) is 13.5. The number of hydrogen-bond donors (Lipinski definition) is 2. The first-order valence-electron chi connectivity index (χ1n) is 5.24. The number of rotatable bonds is 3. The van der Waals surface area contributed by atoms with Gasteiger partial charge >= 0.3 is 0 Å². The van der Waals surface area contributed by atoms with Crippen molar-refractivity contribution in [2.45, 2.75) is 9.79 Å². The predicted octanol–water partition coefficient (Wildman–Crippen LogP) is 5.19. The van der Waals surface area contributed by atoms with Gasteiger partial charge in [0.05, 0.1) is 10.0 Å². The van der Waals surface area contributed by atoms with Crippen LogP contribution in [-0.2, 0) is 0 Å². The largest absolute Gasteiger partial charge is 0.384 e. The normalized spacial score (nSPS) is 10.5. The van der Waals surface area contributed by atoms with Crippen molar-refractivity contribution in [2.75, 3.05) is 0 Å². The van der Waals surface area contributed by atoms with Crippen molar-refractivity contribution < 1.29 is 0 Å². The van der Waals surface area contributed by atoms with Gasteiger partial charge in [-0.05, 0) is 52.3 Å². The summed E-state index contributed by atoms with van der Waals surface area (Å²) in [6.07, 6.45) is 0. The zero-order valence-electron chi connectivity index (χ0n) is 9.58. The molecule has 0 aromatic heterocycles. The molecular weight excluding hydrogens is 367 g/mol. The van der Waals surface area contributed by atoms with E-state index in [2.05, 4.69) is 15.9 Å². The van der Waals surface area contributed by atoms with E-state index in [0.29, 0.717) is 15.6 Å². The van der Waals surface area contributed by atoms with Crippen molar-refractivity contribution in [1.29, 1.82) is 5.41 Å². The Bertz CT molecular complexity index is 647. The Labute approximate surface area is 133 Å². The molecule has 0 aliphatic carbocycles. The van der Waals surface area contributed by atoms with E-state index in [1.54, 1.807) is 17.8 Å². The molecule has 0 amide bonds. The molecular formula is C13H9BrCl2N2S. The van der Waals surface area contributed by atoms with Gasteiger partial charge in [-0.2, -0.15) is 0 Å². The Hall–Kier alpha value is -0.680. The smallest absolute Gasteiger partial charge is 0.123 e. The maximum atomic E-state index is 7.43. The molecule has 0 saturated heterocycles. The maximum Gasteiger partial charge on any atom is 0.123 e. The lowest BCUT2D eigenvalue weighted by Gasteiger charge is -2.07. The summed E-state index contributed by atoms with van der Waals surface area (Å²) in [5.74, 6) is 0.0398. The Morgan fingerprint density at radius 3 is 2.26 bits per heavy atom. The Balaban J connectivity index is 2.26. The summed E-state index contributed by atoms with van der Waals surface area (Å²) in [7, 11) is 0. The number of hydrogen-bond acceptors (Lipinski definition) is 2. The van der Waals surface area contributed by atoms with E-state index in [4.69, 9.17) is 34.3 Å². The third-order valence-electron chi connectivity index (χ3n) is 2.36. The summed E-state index contributed by atoms with van der Waals surface area (Å²) < 4.78 is 0.796. The average molecular weight is 376 g/mol. The van der Waals surface area contributed by atoms with Gasteiger partial charge < -0.3 is 5.73 Å². The molecule has 0 fully saturated rings. The van der Waals surface area contributed by atoms with Crippen LogP contribution in [0.3, 0.4) is 0 Å². The molecule has 19 heavy (non-hydrogen) atoms. The summed E-state index contributed by atoms with van der Waals surface area (Å²) >= 11 is 16.8. The van der Waals surface area contributed by atoms with E-state index < -0.39 is 0 Å². The van der Waals surface area contributed by atoms with E-state index in [-0.39, 0.29) is 5.84 Å². The number of benzene rings is 2. The van der Waals surface area contributed by atoms with Crippen LogP contribution in [0.2, 0.25) is 10.0 Å². The van der Waals surface area contributed by atoms with Crippen LogP contribution in [0.25, 0.3) is 0 Å². The van der Waals surface area contributed by atoms with Gasteiger partial charge in [-0.25, -0.2) is 0 Å². The molecule has 0 spiro atoms. The van der Waals surface area contributed by atoms with Crippen LogP contribution in [0.4, 0.5) is 0 Å². The number of nitrogens with two attached hydrogens (primary N) is 1. The third-order valence-corrected chi connectivity index (χ3v) is 4.73. The van der Waals surface area contributed by atoms with Crippen LogP contribution in [0.1, 0.15) is 5.56 Å². The molecule has 3 N–H and O–H groups in total. The lowest BCUT2D eigenvalue weighted by molar-refractivity contribution is 1.35. The lowest BCUT2D eigenvalue weighted by Crippen LogP contribution is -2.11. The van der Waals surface area contributed by atoms with Gasteiger partial charge in [-0.3, -0.25) is 5.41 Å². The fourth-order valence-electron chi connectivity index (χ4n) is 1.45. The SMILES string of the molecule is N=C(N)c1ccc(Sc2ccc(Cl)c(Cl)c2)cc1Br. The fraction of sp³-hybridized carbons (Fsp3) is 0. The molecule has 0 saturated carbocycles. The Morgan fingerprint density at radius 2 is 1.68 bits per heavy atom. The minimum atomic E-state index is 0.0398. The molecule has 2 nitrogen and oxygen atoms in total. The van der Waals surface area contributed by atoms with Gasteiger partial charge in [0.15, 0.2) is 0 Å². The first-order chi connectivity index (χ1) is 8.97. The number of halogens is 3. The van der Waals surface area contributed by atoms with E-state index in [9.17, 15) is 0 Å². The standard InChI is InChI=1S/C13H9BrCl2N2S/c14-10-5-7(1-3-9(10)13(17)18)19-8-2-4-11(15)12(16)6-8/h1-6H,(H3,17,18). The van der Waals surface area contributed by atoms with Gasteiger partial charge in [0, 0.05) is 19.8 Å². The van der Waals surface area contributed by atoms with Crippen molar-refractivity contribution in [3.8, 4) is 0 Å². The van der Waals surface area contributed by atoms with Crippen molar-refractivity contribution in [2.24, 2.45) is 5.73 Å². The van der Waals surface area contributed by atoms with Crippen LogP contribution in [0.15, 0.2) is 50.7 Å². The van der Waals surface area contributed by atoms with E-state index >= 15 is 0 Å². The fourth-order valence-corrected chi connectivity index (χ4v) is 3.46. The van der Waals surface area contributed by atoms with Crippen molar-refractivity contribution in [1.82, 2.24) is 0 Å². The van der Waals surface area contributed by atoms with Crippen LogP contribution >= 0.6 is 50.9 Å². The topological polar surface area (TPSA) is 49.9 Å². The maximum absolute atomic E-state index is 7.43. The highest BCUT2D eigenvalue weighted by molar-refractivity contribution is 9.10. The molecule has 0 aliphatic heterocycles. The number of nitrogen functional groups attached to an aromatic ring is 1. The van der Waals surface area contributed by atoms with Gasteiger partial charge in [-0.1, -0.05) is 35.0 Å². The Kier molecular flexibility index (Phi) is 4.79. The van der Waals surface area contributed by atoms with Crippen molar-refractivity contribution in [3.05, 3.63) is 56.5 Å². The summed E-state index contributed by atoms with van der Waals surface area (Å²) in [4.78, 5) is 2.02. The van der Waals surface area contributed by atoms with Gasteiger partial charge in [0.25, 0.3) is 0 Å². The average Bonchev–Trinajstić information content (AvgIpc) is 2.33. The van der Waals surface area contributed by atoms with E-state index in [0.717, 1.165) is 14.3 Å². The molecule has 0 aliphatic rings. The molecule has 0 heterocycles. The second kappa shape index (κ2) is 6.18. The zero-order chi connectivity index (χ0) is 14.0. The predicted molar refractivity (Wildman–Crippen MR) is 85.7 cm³/mol. The highest BCUT2D eigenvalue weighted by atomic mass is 79.9. The number of amidine groups is 1. The second-order valence-corrected chi connectivity index (χ2v) is 6.55. The minimum absolute atomic E-state index is 0.0398. The monoisotopic (exact) mass is 374 g/mol.